The molecular formula is C29H21ClN4O5S. The van der Waals surface area contributed by atoms with Gasteiger partial charge >= 0.3 is 11.9 Å². The van der Waals surface area contributed by atoms with Gasteiger partial charge in [-0.1, -0.05) is 41.1 Å². The van der Waals surface area contributed by atoms with Crippen molar-refractivity contribution >= 4 is 67.4 Å². The van der Waals surface area contributed by atoms with Crippen molar-refractivity contribution in [3.05, 3.63) is 99.5 Å². The van der Waals surface area contributed by atoms with E-state index in [1.165, 1.54) is 23.3 Å². The summed E-state index contributed by atoms with van der Waals surface area (Å²) in [5.41, 5.74) is 3.57. The summed E-state index contributed by atoms with van der Waals surface area (Å²) in [5, 5.41) is 12.4. The molecule has 6 rings (SSSR count). The van der Waals surface area contributed by atoms with Crippen LogP contribution in [0.1, 0.15) is 38.9 Å². The number of hydrogen-bond acceptors (Lipinski definition) is 8. The molecule has 0 bridgehead atoms. The number of carbonyl (C=O) groups excluding carboxylic acids is 3. The second-order valence-electron chi connectivity index (χ2n) is 9.32. The lowest BCUT2D eigenvalue weighted by Gasteiger charge is -2.23. The molecule has 0 aliphatic carbocycles. The van der Waals surface area contributed by atoms with Crippen LogP contribution in [0, 0.1) is 13.8 Å². The zero-order valence-electron chi connectivity index (χ0n) is 21.5. The standard InChI is InChI=1S/C29H21ClN4O5S/c1-14-5-4-12-33-15(2)22(32-26(14)33)24(35)21-23(16-6-8-17(9-7-16)28(38)39-3)34(27(37)25(21)36)29-31-19-11-10-18(30)13-20(19)40-29/h4-13,23,35H,1-3H3. The van der Waals surface area contributed by atoms with Crippen molar-refractivity contribution in [3.8, 4) is 0 Å². The molecule has 0 saturated carbocycles. The zero-order chi connectivity index (χ0) is 28.3. The number of hydrogen-bond donors (Lipinski definition) is 1. The molecule has 1 atom stereocenters. The van der Waals surface area contributed by atoms with Crippen LogP contribution in [0.2, 0.25) is 5.02 Å². The first-order valence-corrected chi connectivity index (χ1v) is 13.4. The largest absolute Gasteiger partial charge is 0.505 e. The van der Waals surface area contributed by atoms with Gasteiger partial charge in [0.2, 0.25) is 0 Å². The number of aromatic nitrogens is 3. The molecule has 4 heterocycles. The molecule has 2 aromatic carbocycles. The number of aliphatic hydroxyl groups is 1. The van der Waals surface area contributed by atoms with Crippen molar-refractivity contribution in [2.75, 3.05) is 12.0 Å². The average molecular weight is 573 g/mol. The van der Waals surface area contributed by atoms with Gasteiger partial charge in [0.05, 0.1) is 40.2 Å². The summed E-state index contributed by atoms with van der Waals surface area (Å²) >= 11 is 7.37. The second-order valence-corrected chi connectivity index (χ2v) is 10.8. The Morgan fingerprint density at radius 2 is 1.82 bits per heavy atom. The third-order valence-electron chi connectivity index (χ3n) is 6.95. The number of thiazole rings is 1. The summed E-state index contributed by atoms with van der Waals surface area (Å²) in [6.45, 7) is 3.68. The van der Waals surface area contributed by atoms with E-state index in [-0.39, 0.29) is 16.4 Å². The minimum absolute atomic E-state index is 0.128. The quantitative estimate of drug-likeness (QED) is 0.128. The summed E-state index contributed by atoms with van der Waals surface area (Å²) in [7, 11) is 1.28. The van der Waals surface area contributed by atoms with Crippen molar-refractivity contribution in [1.29, 1.82) is 0 Å². The topological polar surface area (TPSA) is 114 Å². The van der Waals surface area contributed by atoms with Gasteiger partial charge in [-0.05, 0) is 61.4 Å². The van der Waals surface area contributed by atoms with E-state index in [2.05, 4.69) is 9.97 Å². The molecule has 1 amide bonds. The van der Waals surface area contributed by atoms with Crippen LogP contribution in [0.25, 0.3) is 21.6 Å². The molecule has 0 spiro atoms. The summed E-state index contributed by atoms with van der Waals surface area (Å²) < 4.78 is 7.35. The number of anilines is 1. The Kier molecular flexibility index (Phi) is 6.16. The van der Waals surface area contributed by atoms with E-state index in [4.69, 9.17) is 16.3 Å². The SMILES string of the molecule is COC(=O)c1ccc(C2C(=C(O)c3nc4c(C)cccn4c3C)C(=O)C(=O)N2c2nc3ccc(Cl)cc3s2)cc1. The molecule has 1 unspecified atom stereocenters. The number of carbonyl (C=O) groups is 3. The van der Waals surface area contributed by atoms with Gasteiger partial charge in [-0.2, -0.15) is 0 Å². The molecule has 9 nitrogen and oxygen atoms in total. The summed E-state index contributed by atoms with van der Waals surface area (Å²) in [4.78, 5) is 49.7. The van der Waals surface area contributed by atoms with E-state index in [0.717, 1.165) is 10.3 Å². The number of amides is 1. The van der Waals surface area contributed by atoms with Gasteiger partial charge in [0.1, 0.15) is 11.3 Å². The smallest absolute Gasteiger partial charge is 0.337 e. The third-order valence-corrected chi connectivity index (χ3v) is 8.20. The number of nitrogens with zero attached hydrogens (tertiary/aromatic N) is 4. The van der Waals surface area contributed by atoms with Crippen LogP contribution in [-0.2, 0) is 14.3 Å². The van der Waals surface area contributed by atoms with Gasteiger partial charge in [-0.3, -0.25) is 14.5 Å². The van der Waals surface area contributed by atoms with E-state index >= 15 is 0 Å². The molecule has 1 fully saturated rings. The minimum Gasteiger partial charge on any atom is -0.505 e. The number of fused-ring (bicyclic) bond motifs is 2. The van der Waals surface area contributed by atoms with Crippen molar-refractivity contribution in [2.45, 2.75) is 19.9 Å². The fourth-order valence-electron chi connectivity index (χ4n) is 4.93. The average Bonchev–Trinajstić information content (AvgIpc) is 3.60. The fourth-order valence-corrected chi connectivity index (χ4v) is 6.20. The zero-order valence-corrected chi connectivity index (χ0v) is 23.1. The van der Waals surface area contributed by atoms with Crippen LogP contribution in [0.3, 0.4) is 0 Å². The van der Waals surface area contributed by atoms with Crippen molar-refractivity contribution in [1.82, 2.24) is 14.4 Å². The molecule has 200 valence electrons. The van der Waals surface area contributed by atoms with E-state index in [1.54, 1.807) is 49.4 Å². The number of aliphatic hydroxyl groups excluding tert-OH is 1. The first-order chi connectivity index (χ1) is 19.2. The highest BCUT2D eigenvalue weighted by Crippen LogP contribution is 2.44. The Labute approximate surface area is 236 Å². The molecule has 5 aromatic rings. The summed E-state index contributed by atoms with van der Waals surface area (Å²) in [6, 6.07) is 14.2. The molecule has 11 heteroatoms. The number of aryl methyl sites for hydroxylation is 2. The lowest BCUT2D eigenvalue weighted by Crippen LogP contribution is -2.29. The number of pyridine rings is 1. The Bertz CT molecular complexity index is 1910. The highest BCUT2D eigenvalue weighted by molar-refractivity contribution is 7.22. The molecular weight excluding hydrogens is 552 g/mol. The number of esters is 1. The molecule has 3 aromatic heterocycles. The van der Waals surface area contributed by atoms with E-state index < -0.39 is 29.5 Å². The lowest BCUT2D eigenvalue weighted by molar-refractivity contribution is -0.132. The second kappa shape index (κ2) is 9.58. The molecule has 1 saturated heterocycles. The van der Waals surface area contributed by atoms with E-state index in [9.17, 15) is 19.5 Å². The predicted octanol–water partition coefficient (Wildman–Crippen LogP) is 5.63. The van der Waals surface area contributed by atoms with Crippen LogP contribution in [0.15, 0.2) is 66.4 Å². The maximum atomic E-state index is 13.6. The van der Waals surface area contributed by atoms with Crippen molar-refractivity contribution in [2.24, 2.45) is 0 Å². The lowest BCUT2D eigenvalue weighted by atomic mass is 9.95. The minimum atomic E-state index is -1.03. The Morgan fingerprint density at radius 1 is 1.07 bits per heavy atom. The van der Waals surface area contributed by atoms with Gasteiger partial charge in [-0.25, -0.2) is 14.8 Å². The summed E-state index contributed by atoms with van der Waals surface area (Å²) in [6.07, 6.45) is 1.81. The monoisotopic (exact) mass is 572 g/mol. The first kappa shape index (κ1) is 25.7. The van der Waals surface area contributed by atoms with Gasteiger partial charge in [-0.15, -0.1) is 0 Å². The number of imidazole rings is 1. The number of benzene rings is 2. The Morgan fingerprint density at radius 3 is 2.52 bits per heavy atom. The van der Waals surface area contributed by atoms with E-state index in [1.807, 2.05) is 29.7 Å². The highest BCUT2D eigenvalue weighted by atomic mass is 35.5. The predicted molar refractivity (Wildman–Crippen MR) is 152 cm³/mol. The van der Waals surface area contributed by atoms with Gasteiger partial charge in [0.15, 0.2) is 10.9 Å². The maximum Gasteiger partial charge on any atom is 0.337 e. The number of methoxy groups -OCH3 is 1. The fraction of sp³-hybridized carbons (Fsp3) is 0.138. The molecule has 0 radical (unpaired) electrons. The summed E-state index contributed by atoms with van der Waals surface area (Å²) in [5.74, 6) is -2.64. The van der Waals surface area contributed by atoms with Gasteiger partial charge < -0.3 is 14.2 Å². The van der Waals surface area contributed by atoms with Crippen molar-refractivity contribution in [3.63, 3.8) is 0 Å². The normalized spacial score (nSPS) is 16.8. The van der Waals surface area contributed by atoms with Crippen LogP contribution >= 0.6 is 22.9 Å². The Balaban J connectivity index is 1.58. The number of ether oxygens (including phenoxy) is 1. The molecule has 1 N–H and O–H groups in total. The highest BCUT2D eigenvalue weighted by Gasteiger charge is 2.48. The molecule has 1 aliphatic heterocycles. The number of ketones is 1. The van der Waals surface area contributed by atoms with Gasteiger partial charge in [0.25, 0.3) is 5.78 Å². The number of Topliss-reactive ketones (excluding diaryl/α,β-unsaturated/α-hetero) is 1. The van der Waals surface area contributed by atoms with E-state index in [0.29, 0.717) is 33.0 Å². The third kappa shape index (κ3) is 3.95. The maximum absolute atomic E-state index is 13.6. The van der Waals surface area contributed by atoms with Crippen LogP contribution in [0.5, 0.6) is 0 Å². The number of rotatable bonds is 4. The first-order valence-electron chi connectivity index (χ1n) is 12.2. The molecule has 1 aliphatic rings. The van der Waals surface area contributed by atoms with Crippen LogP contribution < -0.4 is 4.90 Å². The number of halogens is 1. The van der Waals surface area contributed by atoms with Crippen LogP contribution in [-0.4, -0.2) is 44.2 Å². The Hall–Kier alpha value is -4.54. The van der Waals surface area contributed by atoms with Gasteiger partial charge in [0, 0.05) is 11.2 Å². The molecule has 40 heavy (non-hydrogen) atoms. The van der Waals surface area contributed by atoms with Crippen LogP contribution in [0.4, 0.5) is 5.13 Å². The van der Waals surface area contributed by atoms with Crippen molar-refractivity contribution < 1.29 is 24.2 Å².